The number of nitriles is 1. The van der Waals surface area contributed by atoms with Gasteiger partial charge < -0.3 is 10.0 Å². The number of carboxylic acid groups (broad SMARTS) is 1. The molecular weight excluding hydrogens is 206 g/mol. The second-order valence-corrected chi connectivity index (χ2v) is 3.68. The van der Waals surface area contributed by atoms with Gasteiger partial charge in [0.15, 0.2) is 5.69 Å². The molecule has 1 aliphatic heterocycles. The smallest absolute Gasteiger partial charge is 0.354 e. The first-order valence-corrected chi connectivity index (χ1v) is 5.12. The first kappa shape index (κ1) is 10.4. The third-order valence-electron chi connectivity index (χ3n) is 2.62. The lowest BCUT2D eigenvalue weighted by atomic mass is 10.2. The fourth-order valence-corrected chi connectivity index (χ4v) is 1.82. The number of carbonyl (C=O) groups is 1. The van der Waals surface area contributed by atoms with Crippen LogP contribution < -0.4 is 4.90 Å². The molecule has 0 aromatic carbocycles. The third kappa shape index (κ3) is 1.82. The van der Waals surface area contributed by atoms with Gasteiger partial charge >= 0.3 is 5.97 Å². The molecule has 0 unspecified atom stereocenters. The van der Waals surface area contributed by atoms with E-state index in [-0.39, 0.29) is 5.69 Å². The highest BCUT2D eigenvalue weighted by atomic mass is 16.4. The summed E-state index contributed by atoms with van der Waals surface area (Å²) in [7, 11) is 0. The minimum atomic E-state index is -1.06. The lowest BCUT2D eigenvalue weighted by Gasteiger charge is -2.17. The Kier molecular flexibility index (Phi) is 2.73. The summed E-state index contributed by atoms with van der Waals surface area (Å²) < 4.78 is 0. The quantitative estimate of drug-likeness (QED) is 0.806. The maximum Gasteiger partial charge on any atom is 0.354 e. The molecule has 0 aliphatic carbocycles. The average molecular weight is 217 g/mol. The van der Waals surface area contributed by atoms with Gasteiger partial charge in [0.1, 0.15) is 11.9 Å². The third-order valence-corrected chi connectivity index (χ3v) is 2.62. The van der Waals surface area contributed by atoms with E-state index >= 15 is 0 Å². The van der Waals surface area contributed by atoms with Crippen LogP contribution in [0.15, 0.2) is 12.1 Å². The maximum atomic E-state index is 10.8. The highest BCUT2D eigenvalue weighted by molar-refractivity contribution is 5.86. The lowest BCUT2D eigenvalue weighted by Crippen LogP contribution is -2.21. The van der Waals surface area contributed by atoms with E-state index < -0.39 is 5.97 Å². The lowest BCUT2D eigenvalue weighted by molar-refractivity contribution is 0.0690. The largest absolute Gasteiger partial charge is 0.477 e. The second-order valence-electron chi connectivity index (χ2n) is 3.68. The SMILES string of the molecule is N#Cc1ccc(C(=O)O)nc1N1CCCC1. The number of hydrogen-bond acceptors (Lipinski definition) is 4. The van der Waals surface area contributed by atoms with Crippen LogP contribution in [-0.4, -0.2) is 29.1 Å². The molecule has 1 aliphatic rings. The van der Waals surface area contributed by atoms with Crippen molar-refractivity contribution in [1.82, 2.24) is 4.98 Å². The first-order valence-electron chi connectivity index (χ1n) is 5.12. The van der Waals surface area contributed by atoms with Crippen LogP contribution in [0.25, 0.3) is 0 Å². The molecule has 5 nitrogen and oxygen atoms in total. The Morgan fingerprint density at radius 2 is 2.12 bits per heavy atom. The molecule has 82 valence electrons. The summed E-state index contributed by atoms with van der Waals surface area (Å²) in [4.78, 5) is 16.8. The van der Waals surface area contributed by atoms with E-state index in [1.54, 1.807) is 0 Å². The van der Waals surface area contributed by atoms with E-state index in [0.29, 0.717) is 11.4 Å². The molecule has 1 aromatic rings. The van der Waals surface area contributed by atoms with Gasteiger partial charge in [-0.3, -0.25) is 0 Å². The van der Waals surface area contributed by atoms with Gasteiger partial charge in [0.25, 0.3) is 0 Å². The van der Waals surface area contributed by atoms with Gasteiger partial charge in [-0.1, -0.05) is 0 Å². The number of aromatic carboxylic acids is 1. The Bertz CT molecular complexity index is 459. The summed E-state index contributed by atoms with van der Waals surface area (Å²) in [6.45, 7) is 1.68. The minimum Gasteiger partial charge on any atom is -0.477 e. The van der Waals surface area contributed by atoms with Crippen LogP contribution >= 0.6 is 0 Å². The van der Waals surface area contributed by atoms with Crippen LogP contribution in [0.3, 0.4) is 0 Å². The van der Waals surface area contributed by atoms with Gasteiger partial charge in [-0.15, -0.1) is 0 Å². The van der Waals surface area contributed by atoms with Gasteiger partial charge in [-0.25, -0.2) is 9.78 Å². The standard InChI is InChI=1S/C11H11N3O2/c12-7-8-3-4-9(11(15)16)13-10(8)14-5-1-2-6-14/h3-4H,1-2,5-6H2,(H,15,16). The zero-order valence-electron chi connectivity index (χ0n) is 8.68. The van der Waals surface area contributed by atoms with E-state index in [9.17, 15) is 4.79 Å². The van der Waals surface area contributed by atoms with Crippen molar-refractivity contribution in [3.8, 4) is 6.07 Å². The van der Waals surface area contributed by atoms with E-state index in [0.717, 1.165) is 25.9 Å². The molecule has 5 heteroatoms. The van der Waals surface area contributed by atoms with E-state index in [4.69, 9.17) is 10.4 Å². The van der Waals surface area contributed by atoms with Crippen molar-refractivity contribution in [2.45, 2.75) is 12.8 Å². The summed E-state index contributed by atoms with van der Waals surface area (Å²) >= 11 is 0. The maximum absolute atomic E-state index is 10.8. The molecule has 1 fully saturated rings. The number of carboxylic acids is 1. The molecule has 0 spiro atoms. The Labute approximate surface area is 92.9 Å². The van der Waals surface area contributed by atoms with Crippen LogP contribution in [0.1, 0.15) is 28.9 Å². The number of nitrogens with zero attached hydrogens (tertiary/aromatic N) is 3. The zero-order valence-corrected chi connectivity index (χ0v) is 8.68. The van der Waals surface area contributed by atoms with Crippen molar-refractivity contribution in [1.29, 1.82) is 5.26 Å². The summed E-state index contributed by atoms with van der Waals surface area (Å²) in [5, 5.41) is 17.8. The van der Waals surface area contributed by atoms with Crippen molar-refractivity contribution in [3.63, 3.8) is 0 Å². The number of anilines is 1. The Hall–Kier alpha value is -2.09. The molecular formula is C11H11N3O2. The molecule has 2 rings (SSSR count). The molecule has 16 heavy (non-hydrogen) atoms. The van der Waals surface area contributed by atoms with Crippen molar-refractivity contribution >= 4 is 11.8 Å². The molecule has 0 saturated carbocycles. The van der Waals surface area contributed by atoms with Crippen LogP contribution in [0.4, 0.5) is 5.82 Å². The predicted molar refractivity (Wildman–Crippen MR) is 57.4 cm³/mol. The molecule has 1 aromatic heterocycles. The van der Waals surface area contributed by atoms with Crippen LogP contribution in [0, 0.1) is 11.3 Å². The van der Waals surface area contributed by atoms with Gasteiger partial charge in [0.05, 0.1) is 5.56 Å². The highest BCUT2D eigenvalue weighted by Gasteiger charge is 2.19. The summed E-state index contributed by atoms with van der Waals surface area (Å²) in [6.07, 6.45) is 2.12. The Balaban J connectivity index is 2.43. The van der Waals surface area contributed by atoms with E-state index in [2.05, 4.69) is 4.98 Å². The van der Waals surface area contributed by atoms with Crippen LogP contribution in [0.2, 0.25) is 0 Å². The second kappa shape index (κ2) is 4.19. The summed E-state index contributed by atoms with van der Waals surface area (Å²) in [6, 6.07) is 4.92. The number of rotatable bonds is 2. The molecule has 1 saturated heterocycles. The zero-order chi connectivity index (χ0) is 11.5. The van der Waals surface area contributed by atoms with Crippen LogP contribution in [-0.2, 0) is 0 Å². The number of hydrogen-bond donors (Lipinski definition) is 1. The van der Waals surface area contributed by atoms with Crippen LogP contribution in [0.5, 0.6) is 0 Å². The van der Waals surface area contributed by atoms with Gasteiger partial charge in [-0.05, 0) is 25.0 Å². The van der Waals surface area contributed by atoms with Gasteiger partial charge in [0, 0.05) is 13.1 Å². The molecule has 1 N–H and O–H groups in total. The topological polar surface area (TPSA) is 77.2 Å². The summed E-state index contributed by atoms with van der Waals surface area (Å²) in [5.41, 5.74) is 0.424. The van der Waals surface area contributed by atoms with Gasteiger partial charge in [-0.2, -0.15) is 5.26 Å². The Morgan fingerprint density at radius 3 is 2.69 bits per heavy atom. The van der Waals surface area contributed by atoms with Crippen molar-refractivity contribution in [3.05, 3.63) is 23.4 Å². The summed E-state index contributed by atoms with van der Waals surface area (Å²) in [5.74, 6) is -0.565. The molecule has 0 bridgehead atoms. The van der Waals surface area contributed by atoms with Gasteiger partial charge in [0.2, 0.25) is 0 Å². The normalized spacial score (nSPS) is 14.8. The monoisotopic (exact) mass is 217 g/mol. The molecule has 0 radical (unpaired) electrons. The first-order chi connectivity index (χ1) is 7.72. The fraction of sp³-hybridized carbons (Fsp3) is 0.364. The molecule has 0 atom stereocenters. The minimum absolute atomic E-state index is 0.0131. The van der Waals surface area contributed by atoms with Crippen molar-refractivity contribution < 1.29 is 9.90 Å². The molecule has 0 amide bonds. The van der Waals surface area contributed by atoms with Crippen molar-refractivity contribution in [2.24, 2.45) is 0 Å². The van der Waals surface area contributed by atoms with Crippen molar-refractivity contribution in [2.75, 3.05) is 18.0 Å². The Morgan fingerprint density at radius 1 is 1.44 bits per heavy atom. The van der Waals surface area contributed by atoms with E-state index in [1.807, 2.05) is 11.0 Å². The highest BCUT2D eigenvalue weighted by Crippen LogP contribution is 2.22. The fourth-order valence-electron chi connectivity index (χ4n) is 1.82. The average Bonchev–Trinajstić information content (AvgIpc) is 2.81. The van der Waals surface area contributed by atoms with E-state index in [1.165, 1.54) is 12.1 Å². The number of aromatic nitrogens is 1. The molecule has 2 heterocycles. The predicted octanol–water partition coefficient (Wildman–Crippen LogP) is 1.25. The number of pyridine rings is 1.